The number of alkyl halides is 2. The van der Waals surface area contributed by atoms with Crippen molar-refractivity contribution in [2.24, 2.45) is 5.92 Å². The Balaban J connectivity index is 1.40. The highest BCUT2D eigenvalue weighted by molar-refractivity contribution is 5.81. The topological polar surface area (TPSA) is 93.1 Å². The number of rotatable bonds is 3. The van der Waals surface area contributed by atoms with E-state index in [0.717, 1.165) is 12.8 Å². The van der Waals surface area contributed by atoms with E-state index in [-0.39, 0.29) is 47.8 Å². The first-order valence-electron chi connectivity index (χ1n) is 11.4. The van der Waals surface area contributed by atoms with Crippen LogP contribution in [0.25, 0.3) is 11.0 Å². The van der Waals surface area contributed by atoms with Crippen LogP contribution in [0.4, 0.5) is 8.78 Å². The molecule has 1 amide bonds. The Hall–Kier alpha value is -2.36. The van der Waals surface area contributed by atoms with Crippen LogP contribution in [0, 0.1) is 5.92 Å². The smallest absolute Gasteiger partial charge is 0.262 e. The van der Waals surface area contributed by atoms with E-state index in [4.69, 9.17) is 9.72 Å². The van der Waals surface area contributed by atoms with Gasteiger partial charge in [-0.25, -0.2) is 18.4 Å². The second-order valence-corrected chi connectivity index (χ2v) is 10.0. The molecule has 3 fully saturated rings. The summed E-state index contributed by atoms with van der Waals surface area (Å²) in [5.74, 6) is -2.46. The molecule has 2 aromatic heterocycles. The Morgan fingerprint density at radius 1 is 1.22 bits per heavy atom. The second-order valence-electron chi connectivity index (χ2n) is 10.0. The lowest BCUT2D eigenvalue weighted by Crippen LogP contribution is -2.54. The van der Waals surface area contributed by atoms with E-state index in [1.807, 2.05) is 18.7 Å². The zero-order valence-corrected chi connectivity index (χ0v) is 18.4. The number of hydrogen-bond donors (Lipinski definition) is 1. The minimum Gasteiger partial charge on any atom is -0.372 e. The number of fused-ring (bicyclic) bond motifs is 1. The summed E-state index contributed by atoms with van der Waals surface area (Å²) in [6.07, 6.45) is 3.18. The third kappa shape index (κ3) is 3.82. The van der Waals surface area contributed by atoms with Gasteiger partial charge >= 0.3 is 0 Å². The molecule has 0 spiro atoms. The van der Waals surface area contributed by atoms with Crippen LogP contribution in [-0.2, 0) is 9.53 Å². The zero-order valence-electron chi connectivity index (χ0n) is 18.4. The van der Waals surface area contributed by atoms with Gasteiger partial charge in [0.1, 0.15) is 11.2 Å². The normalized spacial score (nSPS) is 27.9. The fourth-order valence-electron chi connectivity index (χ4n) is 5.23. The second kappa shape index (κ2) is 7.60. The molecule has 1 aliphatic heterocycles. The van der Waals surface area contributed by atoms with Crippen LogP contribution >= 0.6 is 0 Å². The molecule has 32 heavy (non-hydrogen) atoms. The van der Waals surface area contributed by atoms with Gasteiger partial charge in [-0.15, -0.1) is 0 Å². The van der Waals surface area contributed by atoms with Crippen LogP contribution in [-0.4, -0.2) is 61.8 Å². The Bertz CT molecular complexity index is 1080. The summed E-state index contributed by atoms with van der Waals surface area (Å²) in [7, 11) is 0. The molecule has 3 aliphatic rings. The molecular formula is C22H29F2N5O3. The molecule has 2 saturated carbocycles. The molecule has 5 rings (SSSR count). The lowest BCUT2D eigenvalue weighted by atomic mass is 9.72. The van der Waals surface area contributed by atoms with Crippen molar-refractivity contribution in [1.82, 2.24) is 24.6 Å². The van der Waals surface area contributed by atoms with Gasteiger partial charge in [0.2, 0.25) is 11.8 Å². The maximum Gasteiger partial charge on any atom is 0.262 e. The Kier molecular flexibility index (Phi) is 5.11. The predicted octanol–water partition coefficient (Wildman–Crippen LogP) is 3.00. The third-order valence-corrected chi connectivity index (χ3v) is 7.19. The predicted molar refractivity (Wildman–Crippen MR) is 113 cm³/mol. The Morgan fingerprint density at radius 2 is 1.97 bits per heavy atom. The van der Waals surface area contributed by atoms with E-state index < -0.39 is 5.92 Å². The first-order chi connectivity index (χ1) is 15.1. The summed E-state index contributed by atoms with van der Waals surface area (Å²) in [6.45, 7) is 5.56. The van der Waals surface area contributed by atoms with Gasteiger partial charge in [-0.05, 0) is 39.5 Å². The number of H-pyrrole nitrogens is 1. The number of aromatic amines is 1. The van der Waals surface area contributed by atoms with Crippen molar-refractivity contribution in [2.75, 3.05) is 19.7 Å². The number of carbonyl (C=O) groups is 1. The molecule has 2 aliphatic carbocycles. The molecule has 174 valence electrons. The van der Waals surface area contributed by atoms with E-state index in [0.29, 0.717) is 49.4 Å². The monoisotopic (exact) mass is 449 g/mol. The molecule has 1 saturated heterocycles. The Morgan fingerprint density at radius 3 is 2.62 bits per heavy atom. The van der Waals surface area contributed by atoms with E-state index in [1.165, 1.54) is 6.20 Å². The third-order valence-electron chi connectivity index (χ3n) is 7.19. The van der Waals surface area contributed by atoms with Crippen LogP contribution in [0.2, 0.25) is 0 Å². The van der Waals surface area contributed by atoms with Crippen molar-refractivity contribution in [3.8, 4) is 0 Å². The number of aromatic nitrogens is 4. The van der Waals surface area contributed by atoms with Gasteiger partial charge in [0.25, 0.3) is 5.56 Å². The fraction of sp³-hybridized carbons (Fsp3) is 0.727. The molecule has 0 aromatic carbocycles. The first kappa shape index (κ1) is 21.5. The van der Waals surface area contributed by atoms with Crippen LogP contribution in [0.5, 0.6) is 0 Å². The summed E-state index contributed by atoms with van der Waals surface area (Å²) < 4.78 is 34.5. The molecule has 0 bridgehead atoms. The first-order valence-corrected chi connectivity index (χ1v) is 11.4. The Labute approximate surface area is 184 Å². The van der Waals surface area contributed by atoms with Gasteiger partial charge in [0.15, 0.2) is 5.65 Å². The van der Waals surface area contributed by atoms with E-state index in [1.54, 1.807) is 4.68 Å². The van der Waals surface area contributed by atoms with Gasteiger partial charge in [0, 0.05) is 37.8 Å². The highest BCUT2D eigenvalue weighted by atomic mass is 19.3. The van der Waals surface area contributed by atoms with Gasteiger partial charge in [-0.2, -0.15) is 5.10 Å². The average Bonchev–Trinajstić information content (AvgIpc) is 3.11. The molecule has 2 unspecified atom stereocenters. The fourth-order valence-corrected chi connectivity index (χ4v) is 5.23. The number of nitrogens with one attached hydrogen (secondary N) is 1. The molecule has 1 N–H and O–H groups in total. The number of nitrogens with zero attached hydrogens (tertiary/aromatic N) is 4. The van der Waals surface area contributed by atoms with Crippen LogP contribution in [0.3, 0.4) is 0 Å². The molecule has 0 radical (unpaired) electrons. The quantitative estimate of drug-likeness (QED) is 0.778. The van der Waals surface area contributed by atoms with Crippen LogP contribution < -0.4 is 5.56 Å². The number of hydrogen-bond acceptors (Lipinski definition) is 5. The minimum absolute atomic E-state index is 0.0726. The van der Waals surface area contributed by atoms with Gasteiger partial charge < -0.3 is 14.6 Å². The van der Waals surface area contributed by atoms with Crippen molar-refractivity contribution in [3.63, 3.8) is 0 Å². The summed E-state index contributed by atoms with van der Waals surface area (Å²) >= 11 is 0. The van der Waals surface area contributed by atoms with Gasteiger partial charge in [0.05, 0.1) is 24.4 Å². The summed E-state index contributed by atoms with van der Waals surface area (Å²) in [5, 5.41) is 4.67. The lowest BCUT2D eigenvalue weighted by Gasteiger charge is -2.43. The van der Waals surface area contributed by atoms with Crippen molar-refractivity contribution in [2.45, 2.75) is 75.9 Å². The SMILES string of the molecule is CC1(C)CN(C(=O)C2CCC2c2nc3c(cnn3C3CCC(F)(F)CC3)c(=O)[nH]2)CCO1. The van der Waals surface area contributed by atoms with Crippen molar-refractivity contribution >= 4 is 16.9 Å². The maximum absolute atomic E-state index is 13.6. The molecule has 3 heterocycles. The van der Waals surface area contributed by atoms with E-state index >= 15 is 0 Å². The standard InChI is InChI=1S/C22H29F2N5O3/c1-21(2)12-28(9-10-32-21)20(31)15-4-3-14(15)17-26-18-16(19(30)27-17)11-25-29(18)13-5-7-22(23,24)8-6-13/h11,13-15H,3-10,12H2,1-2H3,(H,26,27,30). The van der Waals surface area contributed by atoms with Gasteiger partial charge in [-0.3, -0.25) is 9.59 Å². The highest BCUT2D eigenvalue weighted by Crippen LogP contribution is 2.43. The maximum atomic E-state index is 13.6. The molecular weight excluding hydrogens is 420 g/mol. The molecule has 2 atom stereocenters. The highest BCUT2D eigenvalue weighted by Gasteiger charge is 2.43. The van der Waals surface area contributed by atoms with Crippen molar-refractivity contribution in [3.05, 3.63) is 22.4 Å². The summed E-state index contributed by atoms with van der Waals surface area (Å²) in [6, 6.07) is -0.205. The summed E-state index contributed by atoms with van der Waals surface area (Å²) in [4.78, 5) is 35.3. The van der Waals surface area contributed by atoms with Crippen LogP contribution in [0.15, 0.2) is 11.0 Å². The molecule has 8 nitrogen and oxygen atoms in total. The van der Waals surface area contributed by atoms with Crippen molar-refractivity contribution < 1.29 is 18.3 Å². The van der Waals surface area contributed by atoms with Crippen molar-refractivity contribution in [1.29, 1.82) is 0 Å². The number of ether oxygens (including phenoxy) is 1. The largest absolute Gasteiger partial charge is 0.372 e. The number of morpholine rings is 1. The molecule has 10 heteroatoms. The average molecular weight is 450 g/mol. The van der Waals surface area contributed by atoms with E-state index in [2.05, 4.69) is 10.1 Å². The van der Waals surface area contributed by atoms with E-state index in [9.17, 15) is 18.4 Å². The molecule has 2 aromatic rings. The number of halogens is 2. The van der Waals surface area contributed by atoms with Gasteiger partial charge in [-0.1, -0.05) is 0 Å². The summed E-state index contributed by atoms with van der Waals surface area (Å²) in [5.41, 5.74) is -0.255. The minimum atomic E-state index is -2.64. The lowest BCUT2D eigenvalue weighted by molar-refractivity contribution is -0.153. The number of carbonyl (C=O) groups excluding carboxylic acids is 1. The number of amides is 1. The zero-order chi connectivity index (χ0) is 22.7. The van der Waals surface area contributed by atoms with Crippen LogP contribution in [0.1, 0.15) is 70.2 Å².